The zero-order valence-electron chi connectivity index (χ0n) is 19.1. The minimum atomic E-state index is 0.924. The van der Waals surface area contributed by atoms with E-state index in [-0.39, 0.29) is 0 Å². The fraction of sp³-hybridized carbons (Fsp3) is 0. The number of hydrogen-bond donors (Lipinski definition) is 0. The standard InChI is InChI=1S/C34H22O/c1-2-10-23(11-3-1)25-12-4-5-13-27(25)30-20-19-26(28-14-6-7-15-29(28)30)24-18-21-34-32(22-24)31-16-8-9-17-33(31)35-34/h1-22H. The zero-order valence-corrected chi connectivity index (χ0v) is 19.1. The third-order valence-corrected chi connectivity index (χ3v) is 6.91. The highest BCUT2D eigenvalue weighted by Gasteiger charge is 2.14. The molecule has 1 aromatic heterocycles. The Morgan fingerprint density at radius 1 is 0.314 bits per heavy atom. The molecule has 7 aromatic rings. The van der Waals surface area contributed by atoms with Gasteiger partial charge in [0, 0.05) is 10.8 Å². The van der Waals surface area contributed by atoms with E-state index in [4.69, 9.17) is 4.42 Å². The number of benzene rings is 6. The summed E-state index contributed by atoms with van der Waals surface area (Å²) in [5, 5.41) is 4.81. The van der Waals surface area contributed by atoms with Gasteiger partial charge in [0.25, 0.3) is 0 Å². The molecule has 6 aromatic carbocycles. The molecule has 164 valence electrons. The zero-order chi connectivity index (χ0) is 23.2. The van der Waals surface area contributed by atoms with Gasteiger partial charge in [-0.05, 0) is 62.4 Å². The summed E-state index contributed by atoms with van der Waals surface area (Å²) >= 11 is 0. The molecule has 0 unspecified atom stereocenters. The Balaban J connectivity index is 1.45. The molecule has 7 rings (SSSR count). The minimum absolute atomic E-state index is 0.924. The highest BCUT2D eigenvalue weighted by Crippen LogP contribution is 2.40. The molecule has 0 atom stereocenters. The largest absolute Gasteiger partial charge is 0.456 e. The summed E-state index contributed by atoms with van der Waals surface area (Å²) in [5.41, 5.74) is 9.25. The summed E-state index contributed by atoms with van der Waals surface area (Å²) in [5.74, 6) is 0. The van der Waals surface area contributed by atoms with Crippen LogP contribution in [0.3, 0.4) is 0 Å². The lowest BCUT2D eigenvalue weighted by Crippen LogP contribution is -1.89. The Morgan fingerprint density at radius 3 is 1.74 bits per heavy atom. The van der Waals surface area contributed by atoms with Gasteiger partial charge < -0.3 is 4.42 Å². The van der Waals surface area contributed by atoms with Gasteiger partial charge in [-0.2, -0.15) is 0 Å². The average molecular weight is 447 g/mol. The van der Waals surface area contributed by atoms with Gasteiger partial charge >= 0.3 is 0 Å². The van der Waals surface area contributed by atoms with Crippen molar-refractivity contribution in [2.24, 2.45) is 0 Å². The second-order valence-electron chi connectivity index (χ2n) is 8.93. The summed E-state index contributed by atoms with van der Waals surface area (Å²) in [6.45, 7) is 0. The van der Waals surface area contributed by atoms with Crippen LogP contribution in [0.4, 0.5) is 0 Å². The van der Waals surface area contributed by atoms with Crippen LogP contribution in [0.1, 0.15) is 0 Å². The summed E-state index contributed by atoms with van der Waals surface area (Å²) in [4.78, 5) is 0. The van der Waals surface area contributed by atoms with Crippen molar-refractivity contribution in [2.45, 2.75) is 0 Å². The first kappa shape index (κ1) is 19.8. The Labute approximate surface area is 203 Å². The molecule has 1 heteroatoms. The molecule has 0 saturated heterocycles. The molecule has 0 aliphatic rings. The van der Waals surface area contributed by atoms with E-state index in [0.29, 0.717) is 0 Å². The van der Waals surface area contributed by atoms with Crippen molar-refractivity contribution >= 4 is 32.7 Å². The molecular weight excluding hydrogens is 424 g/mol. The summed E-state index contributed by atoms with van der Waals surface area (Å²) in [6.07, 6.45) is 0. The van der Waals surface area contributed by atoms with Crippen LogP contribution >= 0.6 is 0 Å². The molecule has 0 fully saturated rings. The van der Waals surface area contributed by atoms with E-state index in [1.54, 1.807) is 0 Å². The van der Waals surface area contributed by atoms with Crippen molar-refractivity contribution in [1.82, 2.24) is 0 Å². The molecule has 0 bridgehead atoms. The lowest BCUT2D eigenvalue weighted by Gasteiger charge is -2.15. The summed E-state index contributed by atoms with van der Waals surface area (Å²) in [6, 6.07) is 47.4. The van der Waals surface area contributed by atoms with Gasteiger partial charge in [-0.3, -0.25) is 0 Å². The van der Waals surface area contributed by atoms with Crippen LogP contribution < -0.4 is 0 Å². The van der Waals surface area contributed by atoms with Gasteiger partial charge in [0.15, 0.2) is 0 Å². The van der Waals surface area contributed by atoms with E-state index in [2.05, 4.69) is 121 Å². The molecule has 0 saturated carbocycles. The van der Waals surface area contributed by atoms with Crippen molar-refractivity contribution in [3.05, 3.63) is 133 Å². The maximum atomic E-state index is 6.06. The van der Waals surface area contributed by atoms with E-state index in [1.807, 2.05) is 12.1 Å². The quantitative estimate of drug-likeness (QED) is 0.263. The predicted molar refractivity (Wildman–Crippen MR) is 148 cm³/mol. The lowest BCUT2D eigenvalue weighted by molar-refractivity contribution is 0.669. The van der Waals surface area contributed by atoms with Crippen LogP contribution in [0.25, 0.3) is 66.1 Å². The van der Waals surface area contributed by atoms with Crippen molar-refractivity contribution in [3.63, 3.8) is 0 Å². The lowest BCUT2D eigenvalue weighted by atomic mass is 9.88. The normalized spacial score (nSPS) is 11.4. The van der Waals surface area contributed by atoms with E-state index in [0.717, 1.165) is 21.9 Å². The van der Waals surface area contributed by atoms with Crippen LogP contribution in [0.5, 0.6) is 0 Å². The molecule has 0 aliphatic heterocycles. The van der Waals surface area contributed by atoms with Crippen LogP contribution in [0.15, 0.2) is 138 Å². The smallest absolute Gasteiger partial charge is 0.135 e. The first-order valence-electron chi connectivity index (χ1n) is 11.9. The predicted octanol–water partition coefficient (Wildman–Crippen LogP) is 9.74. The highest BCUT2D eigenvalue weighted by molar-refractivity contribution is 6.10. The van der Waals surface area contributed by atoms with Crippen LogP contribution in [-0.4, -0.2) is 0 Å². The van der Waals surface area contributed by atoms with Gasteiger partial charge in [0.1, 0.15) is 11.2 Å². The number of hydrogen-bond acceptors (Lipinski definition) is 1. The second-order valence-corrected chi connectivity index (χ2v) is 8.93. The topological polar surface area (TPSA) is 13.1 Å². The van der Waals surface area contributed by atoms with Crippen molar-refractivity contribution in [2.75, 3.05) is 0 Å². The average Bonchev–Trinajstić information content (AvgIpc) is 3.31. The van der Waals surface area contributed by atoms with E-state index < -0.39 is 0 Å². The van der Waals surface area contributed by atoms with Gasteiger partial charge in [-0.1, -0.05) is 115 Å². The Kier molecular flexibility index (Phi) is 4.53. The molecule has 1 nitrogen and oxygen atoms in total. The van der Waals surface area contributed by atoms with Gasteiger partial charge in [-0.15, -0.1) is 0 Å². The van der Waals surface area contributed by atoms with Crippen LogP contribution in [0, 0.1) is 0 Å². The van der Waals surface area contributed by atoms with E-state index in [1.165, 1.54) is 44.2 Å². The molecule has 0 spiro atoms. The fourth-order valence-electron chi connectivity index (χ4n) is 5.27. The van der Waals surface area contributed by atoms with E-state index in [9.17, 15) is 0 Å². The molecule has 0 amide bonds. The van der Waals surface area contributed by atoms with Crippen LogP contribution in [0.2, 0.25) is 0 Å². The number of fused-ring (bicyclic) bond motifs is 4. The highest BCUT2D eigenvalue weighted by atomic mass is 16.3. The Hall–Kier alpha value is -4.62. The molecule has 0 radical (unpaired) electrons. The molecule has 0 aliphatic carbocycles. The first-order valence-corrected chi connectivity index (χ1v) is 11.9. The van der Waals surface area contributed by atoms with Gasteiger partial charge in [-0.25, -0.2) is 0 Å². The van der Waals surface area contributed by atoms with Crippen molar-refractivity contribution < 1.29 is 4.42 Å². The first-order chi connectivity index (χ1) is 17.4. The van der Waals surface area contributed by atoms with Crippen molar-refractivity contribution in [3.8, 4) is 33.4 Å². The third kappa shape index (κ3) is 3.25. The minimum Gasteiger partial charge on any atom is -0.456 e. The second kappa shape index (κ2) is 8.00. The van der Waals surface area contributed by atoms with Gasteiger partial charge in [0.05, 0.1) is 0 Å². The Morgan fingerprint density at radius 2 is 0.914 bits per heavy atom. The Bertz CT molecular complexity index is 1840. The number of para-hydroxylation sites is 1. The summed E-state index contributed by atoms with van der Waals surface area (Å²) < 4.78 is 6.06. The fourth-order valence-corrected chi connectivity index (χ4v) is 5.27. The third-order valence-electron chi connectivity index (χ3n) is 6.91. The number of furan rings is 1. The molecule has 1 heterocycles. The number of rotatable bonds is 3. The maximum absolute atomic E-state index is 6.06. The van der Waals surface area contributed by atoms with Crippen LogP contribution in [-0.2, 0) is 0 Å². The SMILES string of the molecule is c1ccc(-c2ccccc2-c2ccc(-c3ccc4oc5ccccc5c4c3)c3ccccc23)cc1. The molecule has 0 N–H and O–H groups in total. The van der Waals surface area contributed by atoms with Crippen molar-refractivity contribution in [1.29, 1.82) is 0 Å². The van der Waals surface area contributed by atoms with Gasteiger partial charge in [0.2, 0.25) is 0 Å². The summed E-state index contributed by atoms with van der Waals surface area (Å²) in [7, 11) is 0. The van der Waals surface area contributed by atoms with E-state index >= 15 is 0 Å². The molecule has 35 heavy (non-hydrogen) atoms. The molecular formula is C34H22O. The maximum Gasteiger partial charge on any atom is 0.135 e. The monoisotopic (exact) mass is 446 g/mol.